The average Bonchev–Trinajstić information content (AvgIpc) is 2.75. The predicted octanol–water partition coefficient (Wildman–Crippen LogP) is 3.52. The van der Waals surface area contributed by atoms with Crippen molar-refractivity contribution >= 4 is 38.5 Å². The molecule has 1 aromatic heterocycles. The third-order valence-electron chi connectivity index (χ3n) is 2.71. The normalized spacial score (nSPS) is 11.7. The fraction of sp³-hybridized carbons (Fsp3) is 0.231. The first-order valence-electron chi connectivity index (χ1n) is 5.78. The number of nitrogen functional groups attached to an aromatic ring is 1. The number of benzene rings is 1. The molecule has 0 amide bonds. The Morgan fingerprint density at radius 3 is 2.47 bits per heavy atom. The van der Waals surface area contributed by atoms with Gasteiger partial charge >= 0.3 is 0 Å². The van der Waals surface area contributed by atoms with Gasteiger partial charge in [-0.2, -0.15) is 0 Å². The molecule has 2 rings (SSSR count). The Morgan fingerprint density at radius 2 is 1.89 bits per heavy atom. The molecule has 1 aromatic carbocycles. The number of anilines is 1. The molecular formula is C13H14ClNO2S2. The van der Waals surface area contributed by atoms with Crippen LogP contribution in [-0.4, -0.2) is 8.42 Å². The van der Waals surface area contributed by atoms with Crippen LogP contribution in [0.3, 0.4) is 0 Å². The number of sulfone groups is 1. The van der Waals surface area contributed by atoms with E-state index < -0.39 is 9.84 Å². The standard InChI is InChI=1S/C13H14ClNO2S2/c1-2-9-6-7-10(18-9)8-19(16,17)13-11(14)4-3-5-12(13)15/h3-7H,2,8,15H2,1H3. The zero-order valence-electron chi connectivity index (χ0n) is 10.4. The molecule has 0 unspecified atom stereocenters. The second-order valence-corrected chi connectivity index (χ2v) is 7.73. The summed E-state index contributed by atoms with van der Waals surface area (Å²) < 4.78 is 24.8. The van der Waals surface area contributed by atoms with Crippen molar-refractivity contribution in [1.29, 1.82) is 0 Å². The second kappa shape index (κ2) is 5.53. The third kappa shape index (κ3) is 3.11. The smallest absolute Gasteiger partial charge is 0.186 e. The number of nitrogens with two attached hydrogens (primary N) is 1. The quantitative estimate of drug-likeness (QED) is 0.878. The average molecular weight is 316 g/mol. The van der Waals surface area contributed by atoms with E-state index in [0.29, 0.717) is 0 Å². The Morgan fingerprint density at radius 1 is 1.21 bits per heavy atom. The van der Waals surface area contributed by atoms with E-state index in [9.17, 15) is 8.42 Å². The zero-order valence-corrected chi connectivity index (χ0v) is 12.8. The van der Waals surface area contributed by atoms with Crippen LogP contribution in [-0.2, 0) is 22.0 Å². The summed E-state index contributed by atoms with van der Waals surface area (Å²) in [7, 11) is -3.52. The van der Waals surface area contributed by atoms with Gasteiger partial charge in [0.25, 0.3) is 0 Å². The van der Waals surface area contributed by atoms with Crippen LogP contribution in [0.25, 0.3) is 0 Å². The van der Waals surface area contributed by atoms with Gasteiger partial charge in [-0.3, -0.25) is 0 Å². The summed E-state index contributed by atoms with van der Waals surface area (Å²) in [5.74, 6) is -0.0639. The number of aryl methyl sites for hydroxylation is 1. The molecule has 0 saturated carbocycles. The van der Waals surface area contributed by atoms with E-state index in [-0.39, 0.29) is 21.4 Å². The van der Waals surface area contributed by atoms with Gasteiger partial charge in [0, 0.05) is 9.75 Å². The minimum absolute atomic E-state index is 0.0307. The summed E-state index contributed by atoms with van der Waals surface area (Å²) in [6.45, 7) is 2.04. The summed E-state index contributed by atoms with van der Waals surface area (Å²) >= 11 is 7.46. The van der Waals surface area contributed by atoms with Crippen molar-refractivity contribution in [1.82, 2.24) is 0 Å². The highest BCUT2D eigenvalue weighted by Gasteiger charge is 2.22. The van der Waals surface area contributed by atoms with E-state index >= 15 is 0 Å². The van der Waals surface area contributed by atoms with E-state index in [1.165, 1.54) is 17.4 Å². The lowest BCUT2D eigenvalue weighted by molar-refractivity contribution is 0.596. The molecule has 0 saturated heterocycles. The van der Waals surface area contributed by atoms with Crippen LogP contribution in [0.4, 0.5) is 5.69 Å². The van der Waals surface area contributed by atoms with Gasteiger partial charge in [-0.1, -0.05) is 24.6 Å². The van der Waals surface area contributed by atoms with Gasteiger partial charge in [-0.15, -0.1) is 11.3 Å². The molecule has 2 N–H and O–H groups in total. The number of rotatable bonds is 4. The molecule has 0 atom stereocenters. The van der Waals surface area contributed by atoms with Gasteiger partial charge in [-0.05, 0) is 30.7 Å². The van der Waals surface area contributed by atoms with Gasteiger partial charge in [0.1, 0.15) is 4.90 Å². The first-order valence-corrected chi connectivity index (χ1v) is 8.63. The Bertz CT molecular complexity index is 672. The summed E-state index contributed by atoms with van der Waals surface area (Å²) in [4.78, 5) is 2.00. The van der Waals surface area contributed by atoms with Crippen molar-refractivity contribution in [3.8, 4) is 0 Å². The topological polar surface area (TPSA) is 60.2 Å². The maximum Gasteiger partial charge on any atom is 0.186 e. The van der Waals surface area contributed by atoms with Crippen LogP contribution in [0.1, 0.15) is 16.7 Å². The highest BCUT2D eigenvalue weighted by Crippen LogP contribution is 2.31. The van der Waals surface area contributed by atoms with Crippen LogP contribution >= 0.6 is 22.9 Å². The van der Waals surface area contributed by atoms with Crippen molar-refractivity contribution in [2.24, 2.45) is 0 Å². The first kappa shape index (κ1) is 14.4. The van der Waals surface area contributed by atoms with Crippen LogP contribution < -0.4 is 5.73 Å². The maximum absolute atomic E-state index is 12.4. The monoisotopic (exact) mass is 315 g/mol. The minimum atomic E-state index is -3.52. The van der Waals surface area contributed by atoms with Gasteiger partial charge < -0.3 is 5.73 Å². The summed E-state index contributed by atoms with van der Waals surface area (Å²) in [6, 6.07) is 8.51. The Labute approximate surface area is 121 Å². The molecule has 0 bridgehead atoms. The molecule has 0 fully saturated rings. The van der Waals surface area contributed by atoms with E-state index in [4.69, 9.17) is 17.3 Å². The van der Waals surface area contributed by atoms with Crippen molar-refractivity contribution in [2.75, 3.05) is 5.73 Å². The maximum atomic E-state index is 12.4. The lowest BCUT2D eigenvalue weighted by Crippen LogP contribution is -2.07. The number of hydrogen-bond donors (Lipinski definition) is 1. The molecule has 6 heteroatoms. The highest BCUT2D eigenvalue weighted by atomic mass is 35.5. The molecule has 2 aromatic rings. The van der Waals surface area contributed by atoms with Crippen LogP contribution in [0.5, 0.6) is 0 Å². The summed E-state index contributed by atoms with van der Waals surface area (Å²) in [5.41, 5.74) is 5.93. The van der Waals surface area contributed by atoms with E-state index in [2.05, 4.69) is 0 Å². The highest BCUT2D eigenvalue weighted by molar-refractivity contribution is 7.91. The fourth-order valence-electron chi connectivity index (χ4n) is 1.80. The van der Waals surface area contributed by atoms with Crippen molar-refractivity contribution < 1.29 is 8.42 Å². The second-order valence-electron chi connectivity index (χ2n) is 4.14. The van der Waals surface area contributed by atoms with Crippen LogP contribution in [0.15, 0.2) is 35.2 Å². The van der Waals surface area contributed by atoms with Crippen molar-refractivity contribution in [2.45, 2.75) is 24.0 Å². The lowest BCUT2D eigenvalue weighted by Gasteiger charge is -2.08. The Balaban J connectivity index is 2.38. The molecule has 0 aliphatic heterocycles. The van der Waals surface area contributed by atoms with Gasteiger partial charge in [0.15, 0.2) is 9.84 Å². The van der Waals surface area contributed by atoms with Crippen molar-refractivity contribution in [3.63, 3.8) is 0 Å². The molecule has 0 spiro atoms. The number of thiophene rings is 1. The number of halogens is 1. The molecule has 0 aliphatic rings. The molecule has 3 nitrogen and oxygen atoms in total. The Kier molecular flexibility index (Phi) is 4.18. The largest absolute Gasteiger partial charge is 0.398 e. The van der Waals surface area contributed by atoms with Gasteiger partial charge in [0.05, 0.1) is 16.5 Å². The molecule has 0 aliphatic carbocycles. The van der Waals surface area contributed by atoms with Gasteiger partial charge in [0.2, 0.25) is 0 Å². The molecule has 0 radical (unpaired) electrons. The first-order chi connectivity index (χ1) is 8.94. The third-order valence-corrected chi connectivity index (χ3v) is 6.31. The molecule has 102 valence electrons. The summed E-state index contributed by atoms with van der Waals surface area (Å²) in [6.07, 6.45) is 0.902. The predicted molar refractivity (Wildman–Crippen MR) is 80.5 cm³/mol. The molecular weight excluding hydrogens is 302 g/mol. The fourth-order valence-corrected chi connectivity index (χ4v) is 5.20. The van der Waals surface area contributed by atoms with Gasteiger partial charge in [-0.25, -0.2) is 8.42 Å². The van der Waals surface area contributed by atoms with E-state index in [1.807, 2.05) is 19.1 Å². The zero-order chi connectivity index (χ0) is 14.0. The Hall–Kier alpha value is -1.04. The lowest BCUT2D eigenvalue weighted by atomic mass is 10.3. The molecule has 1 heterocycles. The summed E-state index contributed by atoms with van der Waals surface area (Å²) in [5, 5.41) is 0.173. The minimum Gasteiger partial charge on any atom is -0.398 e. The number of hydrogen-bond acceptors (Lipinski definition) is 4. The van der Waals surface area contributed by atoms with Crippen molar-refractivity contribution in [3.05, 3.63) is 45.1 Å². The van der Waals surface area contributed by atoms with Crippen LogP contribution in [0, 0.1) is 0 Å². The van der Waals surface area contributed by atoms with E-state index in [1.54, 1.807) is 12.1 Å². The SMILES string of the molecule is CCc1ccc(CS(=O)(=O)c2c(N)cccc2Cl)s1. The van der Waals surface area contributed by atoms with E-state index in [0.717, 1.165) is 16.2 Å². The van der Waals surface area contributed by atoms with Crippen LogP contribution in [0.2, 0.25) is 5.02 Å². The molecule has 19 heavy (non-hydrogen) atoms.